The molecule has 3 aromatic rings. The zero-order chi connectivity index (χ0) is 20.4. The first-order valence-electron chi connectivity index (χ1n) is 9.42. The Bertz CT molecular complexity index is 1080. The molecule has 3 rings (SSSR count). The Morgan fingerprint density at radius 1 is 1.11 bits per heavy atom. The summed E-state index contributed by atoms with van der Waals surface area (Å²) in [7, 11) is 1.92. The van der Waals surface area contributed by atoms with Crippen molar-refractivity contribution in [1.82, 2.24) is 9.38 Å². The van der Waals surface area contributed by atoms with Crippen LogP contribution in [0.25, 0.3) is 5.65 Å². The Morgan fingerprint density at radius 2 is 1.79 bits per heavy atom. The highest BCUT2D eigenvalue weighted by Crippen LogP contribution is 2.21. The lowest BCUT2D eigenvalue weighted by atomic mass is 10.1. The van der Waals surface area contributed by atoms with Crippen molar-refractivity contribution in [1.29, 1.82) is 0 Å². The minimum absolute atomic E-state index is 0.0547. The second kappa shape index (κ2) is 7.94. The van der Waals surface area contributed by atoms with Gasteiger partial charge in [0, 0.05) is 17.4 Å². The number of hydrogen-bond acceptors (Lipinski definition) is 3. The van der Waals surface area contributed by atoms with E-state index in [-0.39, 0.29) is 11.5 Å². The fourth-order valence-corrected chi connectivity index (χ4v) is 3.66. The van der Waals surface area contributed by atoms with Gasteiger partial charge in [-0.25, -0.2) is 4.98 Å². The van der Waals surface area contributed by atoms with Gasteiger partial charge in [0.05, 0.1) is 7.05 Å². The summed E-state index contributed by atoms with van der Waals surface area (Å²) >= 11 is 0. The monoisotopic (exact) mass is 379 g/mol. The molecular formula is C22H27N4O2+. The highest BCUT2D eigenvalue weighted by molar-refractivity contribution is 5.93. The van der Waals surface area contributed by atoms with Gasteiger partial charge in [-0.05, 0) is 51.0 Å². The van der Waals surface area contributed by atoms with E-state index in [1.165, 1.54) is 5.56 Å². The summed E-state index contributed by atoms with van der Waals surface area (Å²) < 4.78 is 1.59. The van der Waals surface area contributed by atoms with E-state index in [4.69, 9.17) is 0 Å². The van der Waals surface area contributed by atoms with Gasteiger partial charge >= 0.3 is 0 Å². The van der Waals surface area contributed by atoms with Crippen LogP contribution in [0.15, 0.2) is 41.2 Å². The average Bonchev–Trinajstić information content (AvgIpc) is 2.57. The smallest absolute Gasteiger partial charge is 0.279 e. The fourth-order valence-electron chi connectivity index (χ4n) is 3.66. The number of aromatic nitrogens is 2. The minimum Gasteiger partial charge on any atom is -0.325 e. The van der Waals surface area contributed by atoms with E-state index in [2.05, 4.69) is 22.4 Å². The van der Waals surface area contributed by atoms with E-state index in [9.17, 15) is 9.59 Å². The van der Waals surface area contributed by atoms with Gasteiger partial charge in [-0.3, -0.25) is 14.0 Å². The van der Waals surface area contributed by atoms with Crippen LogP contribution in [-0.2, 0) is 11.3 Å². The molecule has 0 saturated heterocycles. The zero-order valence-electron chi connectivity index (χ0n) is 17.1. The summed E-state index contributed by atoms with van der Waals surface area (Å²) in [5.74, 6) is -0.0547. The lowest BCUT2D eigenvalue weighted by Crippen LogP contribution is -3.08. The number of nitrogens with zero attached hydrogens (tertiary/aromatic N) is 2. The number of benzene rings is 1. The number of quaternary nitrogens is 1. The Kier molecular flexibility index (Phi) is 5.61. The summed E-state index contributed by atoms with van der Waals surface area (Å²) in [6.07, 6.45) is 0. The number of likely N-dealkylation sites (N-methyl/N-ethyl adjacent to an activating group) is 1. The molecule has 0 bridgehead atoms. The van der Waals surface area contributed by atoms with Crippen LogP contribution >= 0.6 is 0 Å². The molecule has 0 aliphatic carbocycles. The van der Waals surface area contributed by atoms with Crippen molar-refractivity contribution < 1.29 is 9.69 Å². The molecule has 0 aliphatic rings. The Labute approximate surface area is 164 Å². The predicted molar refractivity (Wildman–Crippen MR) is 111 cm³/mol. The van der Waals surface area contributed by atoms with E-state index >= 15 is 0 Å². The van der Waals surface area contributed by atoms with E-state index < -0.39 is 0 Å². The van der Waals surface area contributed by atoms with Gasteiger partial charge in [-0.1, -0.05) is 23.8 Å². The largest absolute Gasteiger partial charge is 0.325 e. The number of aryl methyl sites for hydroxylation is 4. The Hall–Kier alpha value is -2.99. The maximum absolute atomic E-state index is 12.5. The van der Waals surface area contributed by atoms with Gasteiger partial charge < -0.3 is 10.2 Å². The number of amides is 1. The third kappa shape index (κ3) is 4.28. The van der Waals surface area contributed by atoms with Crippen molar-refractivity contribution >= 4 is 17.2 Å². The van der Waals surface area contributed by atoms with Crippen molar-refractivity contribution in [3.8, 4) is 0 Å². The molecule has 0 radical (unpaired) electrons. The number of hydrogen-bond donors (Lipinski definition) is 2. The molecule has 1 aromatic carbocycles. The van der Waals surface area contributed by atoms with Crippen LogP contribution in [0, 0.1) is 27.7 Å². The van der Waals surface area contributed by atoms with E-state index in [0.717, 1.165) is 27.4 Å². The first-order valence-corrected chi connectivity index (χ1v) is 9.42. The quantitative estimate of drug-likeness (QED) is 0.707. The Morgan fingerprint density at radius 3 is 2.46 bits per heavy atom. The number of carbonyl (C=O) groups excluding carboxylic acids is 1. The van der Waals surface area contributed by atoms with Gasteiger partial charge in [-0.2, -0.15) is 0 Å². The molecule has 28 heavy (non-hydrogen) atoms. The molecule has 2 aromatic heterocycles. The summed E-state index contributed by atoms with van der Waals surface area (Å²) in [6.45, 7) is 8.72. The molecule has 0 aliphatic heterocycles. The van der Waals surface area contributed by atoms with Crippen molar-refractivity contribution in [3.63, 3.8) is 0 Å². The number of rotatable bonds is 5. The van der Waals surface area contributed by atoms with Gasteiger partial charge in [0.2, 0.25) is 0 Å². The highest BCUT2D eigenvalue weighted by atomic mass is 16.2. The highest BCUT2D eigenvalue weighted by Gasteiger charge is 2.15. The lowest BCUT2D eigenvalue weighted by Gasteiger charge is -2.16. The molecule has 0 saturated carbocycles. The minimum atomic E-state index is -0.0961. The normalized spacial score (nSPS) is 12.2. The molecule has 1 atom stereocenters. The zero-order valence-corrected chi connectivity index (χ0v) is 17.1. The predicted octanol–water partition coefficient (Wildman–Crippen LogP) is 1.58. The average molecular weight is 379 g/mol. The van der Waals surface area contributed by atoms with Crippen molar-refractivity contribution in [2.45, 2.75) is 34.2 Å². The fraction of sp³-hybridized carbons (Fsp3) is 0.318. The van der Waals surface area contributed by atoms with Crippen LogP contribution < -0.4 is 15.8 Å². The van der Waals surface area contributed by atoms with Crippen LogP contribution in [0.5, 0.6) is 0 Å². The molecule has 1 amide bonds. The maximum Gasteiger partial charge on any atom is 0.279 e. The first-order chi connectivity index (χ1) is 13.2. The number of anilines is 1. The first kappa shape index (κ1) is 19.8. The molecule has 2 N–H and O–H groups in total. The van der Waals surface area contributed by atoms with Crippen LogP contribution in [0.1, 0.15) is 28.1 Å². The molecule has 6 nitrogen and oxygen atoms in total. The van der Waals surface area contributed by atoms with Crippen molar-refractivity contribution in [2.24, 2.45) is 0 Å². The topological polar surface area (TPSA) is 67.9 Å². The third-order valence-corrected chi connectivity index (χ3v) is 4.82. The van der Waals surface area contributed by atoms with E-state index in [1.807, 2.05) is 52.9 Å². The molecule has 0 fully saturated rings. The van der Waals surface area contributed by atoms with Crippen molar-refractivity contribution in [2.75, 3.05) is 18.9 Å². The maximum atomic E-state index is 12.5. The number of nitrogens with one attached hydrogen (secondary N) is 2. The summed E-state index contributed by atoms with van der Waals surface area (Å²) in [4.78, 5) is 30.4. The molecule has 6 heteroatoms. The summed E-state index contributed by atoms with van der Waals surface area (Å²) in [6, 6.07) is 11.3. The van der Waals surface area contributed by atoms with Gasteiger partial charge in [-0.15, -0.1) is 0 Å². The lowest BCUT2D eigenvalue weighted by molar-refractivity contribution is -0.885. The van der Waals surface area contributed by atoms with Crippen LogP contribution in [-0.4, -0.2) is 28.9 Å². The second-order valence-corrected chi connectivity index (χ2v) is 7.58. The van der Waals surface area contributed by atoms with Crippen molar-refractivity contribution in [3.05, 3.63) is 74.8 Å². The van der Waals surface area contributed by atoms with E-state index in [0.29, 0.717) is 24.4 Å². The summed E-state index contributed by atoms with van der Waals surface area (Å²) in [5.41, 5.74) is 6.24. The molecule has 2 heterocycles. The SMILES string of the molecule is Cc1cc(C)c(NC(=O)C[NH+](C)Cc2cc(=O)n3c(C)cccc3n2)c(C)c1. The van der Waals surface area contributed by atoms with Crippen LogP contribution in [0.2, 0.25) is 0 Å². The Balaban J connectivity index is 1.71. The van der Waals surface area contributed by atoms with Gasteiger partial charge in [0.1, 0.15) is 17.9 Å². The molecule has 146 valence electrons. The van der Waals surface area contributed by atoms with E-state index in [1.54, 1.807) is 10.5 Å². The van der Waals surface area contributed by atoms with Gasteiger partial charge in [0.15, 0.2) is 6.54 Å². The second-order valence-electron chi connectivity index (χ2n) is 7.58. The standard InChI is InChI=1S/C22H26N4O2/c1-14-9-15(2)22(16(3)10-14)24-20(27)13-25(5)12-18-11-21(28)26-17(4)7-6-8-19(26)23-18/h6-11H,12-13H2,1-5H3,(H,24,27)/p+1. The van der Waals surface area contributed by atoms with Crippen LogP contribution in [0.4, 0.5) is 5.69 Å². The number of fused-ring (bicyclic) bond motifs is 1. The van der Waals surface area contributed by atoms with Crippen LogP contribution in [0.3, 0.4) is 0 Å². The summed E-state index contributed by atoms with van der Waals surface area (Å²) in [5, 5.41) is 3.02. The molecular weight excluding hydrogens is 352 g/mol. The molecule has 1 unspecified atom stereocenters. The number of carbonyl (C=O) groups is 1. The number of pyridine rings is 1. The van der Waals surface area contributed by atoms with Gasteiger partial charge in [0.25, 0.3) is 11.5 Å². The molecule has 0 spiro atoms. The third-order valence-electron chi connectivity index (χ3n) is 4.82.